The SMILES string of the molecule is FC(F)(F)Oc1ccc(C=NNC2N=CC=C(c3ccccc3)N2c2ccc(Cl)cc2)cc1. The molecule has 9 heteroatoms. The Morgan fingerprint density at radius 3 is 2.33 bits per heavy atom. The van der Waals surface area contributed by atoms with Crippen LogP contribution in [0, 0.1) is 0 Å². The number of nitrogens with zero attached hydrogens (tertiary/aromatic N) is 3. The van der Waals surface area contributed by atoms with Gasteiger partial charge >= 0.3 is 6.36 Å². The number of anilines is 1. The van der Waals surface area contributed by atoms with Gasteiger partial charge in [-0.3, -0.25) is 5.43 Å². The van der Waals surface area contributed by atoms with Gasteiger partial charge in [0.25, 0.3) is 0 Å². The van der Waals surface area contributed by atoms with Gasteiger partial charge in [0.15, 0.2) is 0 Å². The number of hydrazone groups is 1. The van der Waals surface area contributed by atoms with Gasteiger partial charge in [-0.25, -0.2) is 4.99 Å². The van der Waals surface area contributed by atoms with Crippen molar-refractivity contribution in [3.8, 4) is 5.75 Å². The summed E-state index contributed by atoms with van der Waals surface area (Å²) in [6, 6.07) is 22.6. The molecular formula is C24H18ClF3N4O. The van der Waals surface area contributed by atoms with Crippen LogP contribution in [0.2, 0.25) is 5.02 Å². The molecule has 1 N–H and O–H groups in total. The average molecular weight is 471 g/mol. The minimum Gasteiger partial charge on any atom is -0.406 e. The molecule has 1 heterocycles. The fraction of sp³-hybridized carbons (Fsp3) is 0.0833. The first kappa shape index (κ1) is 22.4. The predicted molar refractivity (Wildman–Crippen MR) is 124 cm³/mol. The molecule has 1 atom stereocenters. The van der Waals surface area contributed by atoms with Gasteiger partial charge in [0.1, 0.15) is 5.75 Å². The molecule has 168 valence electrons. The van der Waals surface area contributed by atoms with Crippen LogP contribution in [-0.4, -0.2) is 25.1 Å². The molecule has 0 spiro atoms. The number of hydrogen-bond donors (Lipinski definition) is 1. The number of aliphatic imine (C=N–C) groups is 1. The van der Waals surface area contributed by atoms with Gasteiger partial charge in [0, 0.05) is 16.9 Å². The molecule has 0 aromatic heterocycles. The number of benzene rings is 3. The zero-order valence-electron chi connectivity index (χ0n) is 17.1. The molecule has 0 fully saturated rings. The van der Waals surface area contributed by atoms with E-state index in [0.717, 1.165) is 16.9 Å². The molecule has 1 aliphatic heterocycles. The normalized spacial score (nSPS) is 16.1. The number of halogens is 4. The van der Waals surface area contributed by atoms with Crippen molar-refractivity contribution in [2.75, 3.05) is 4.90 Å². The van der Waals surface area contributed by atoms with Crippen LogP contribution in [0.5, 0.6) is 5.75 Å². The summed E-state index contributed by atoms with van der Waals surface area (Å²) in [4.78, 5) is 6.47. The van der Waals surface area contributed by atoms with Crippen molar-refractivity contribution in [1.82, 2.24) is 5.43 Å². The van der Waals surface area contributed by atoms with E-state index in [4.69, 9.17) is 11.6 Å². The molecule has 4 rings (SSSR count). The molecular weight excluding hydrogens is 453 g/mol. The number of alkyl halides is 3. The zero-order valence-corrected chi connectivity index (χ0v) is 17.8. The predicted octanol–water partition coefficient (Wildman–Crippen LogP) is 6.08. The highest BCUT2D eigenvalue weighted by molar-refractivity contribution is 6.30. The summed E-state index contributed by atoms with van der Waals surface area (Å²) in [6.07, 6.45) is -0.190. The van der Waals surface area contributed by atoms with Gasteiger partial charge in [-0.05, 0) is 65.7 Å². The van der Waals surface area contributed by atoms with Crippen molar-refractivity contribution in [1.29, 1.82) is 0 Å². The Balaban J connectivity index is 1.54. The van der Waals surface area contributed by atoms with Crippen LogP contribution in [0.3, 0.4) is 0 Å². The van der Waals surface area contributed by atoms with Gasteiger partial charge < -0.3 is 9.64 Å². The molecule has 0 aliphatic carbocycles. The van der Waals surface area contributed by atoms with E-state index in [-0.39, 0.29) is 5.75 Å². The summed E-state index contributed by atoms with van der Waals surface area (Å²) in [5.74, 6) is -0.295. The van der Waals surface area contributed by atoms with E-state index in [1.54, 1.807) is 18.3 Å². The summed E-state index contributed by atoms with van der Waals surface area (Å²) in [5, 5.41) is 4.86. The maximum Gasteiger partial charge on any atom is 0.573 e. The fourth-order valence-corrected chi connectivity index (χ4v) is 3.35. The van der Waals surface area contributed by atoms with Crippen LogP contribution in [0.4, 0.5) is 18.9 Å². The first-order chi connectivity index (χ1) is 15.9. The van der Waals surface area contributed by atoms with Crippen molar-refractivity contribution in [2.24, 2.45) is 10.1 Å². The second kappa shape index (κ2) is 9.79. The van der Waals surface area contributed by atoms with Gasteiger partial charge in [-0.1, -0.05) is 41.9 Å². The minimum absolute atomic E-state index is 0.295. The second-order valence-electron chi connectivity index (χ2n) is 6.94. The fourth-order valence-electron chi connectivity index (χ4n) is 3.23. The summed E-state index contributed by atoms with van der Waals surface area (Å²) >= 11 is 6.07. The summed E-state index contributed by atoms with van der Waals surface area (Å²) in [7, 11) is 0. The second-order valence-corrected chi connectivity index (χ2v) is 7.38. The molecule has 0 bridgehead atoms. The third-order valence-corrected chi connectivity index (χ3v) is 4.91. The van der Waals surface area contributed by atoms with E-state index < -0.39 is 12.7 Å². The van der Waals surface area contributed by atoms with Crippen LogP contribution in [0.1, 0.15) is 11.1 Å². The summed E-state index contributed by atoms with van der Waals surface area (Å²) in [5.41, 5.74) is 6.35. The number of ether oxygens (including phenoxy) is 1. The highest BCUT2D eigenvalue weighted by Gasteiger charge is 2.31. The molecule has 3 aromatic carbocycles. The van der Waals surface area contributed by atoms with Crippen LogP contribution >= 0.6 is 11.6 Å². The molecule has 0 radical (unpaired) electrons. The molecule has 33 heavy (non-hydrogen) atoms. The van der Waals surface area contributed by atoms with Crippen molar-refractivity contribution in [2.45, 2.75) is 12.7 Å². The highest BCUT2D eigenvalue weighted by Crippen LogP contribution is 2.31. The molecule has 0 saturated carbocycles. The first-order valence-electron chi connectivity index (χ1n) is 9.87. The van der Waals surface area contributed by atoms with Crippen LogP contribution in [0.25, 0.3) is 5.70 Å². The third kappa shape index (κ3) is 5.93. The van der Waals surface area contributed by atoms with Gasteiger partial charge in [-0.2, -0.15) is 5.10 Å². The van der Waals surface area contributed by atoms with Gasteiger partial charge in [0.2, 0.25) is 6.29 Å². The molecule has 0 saturated heterocycles. The maximum atomic E-state index is 12.3. The molecule has 1 unspecified atom stereocenters. The molecule has 1 aliphatic rings. The minimum atomic E-state index is -4.73. The van der Waals surface area contributed by atoms with E-state index >= 15 is 0 Å². The van der Waals surface area contributed by atoms with Crippen LogP contribution in [0.15, 0.2) is 95.0 Å². The topological polar surface area (TPSA) is 49.2 Å². The van der Waals surface area contributed by atoms with Crippen LogP contribution < -0.4 is 15.1 Å². The lowest BCUT2D eigenvalue weighted by atomic mass is 10.1. The third-order valence-electron chi connectivity index (χ3n) is 4.66. The Morgan fingerprint density at radius 2 is 1.67 bits per heavy atom. The first-order valence-corrected chi connectivity index (χ1v) is 10.2. The maximum absolute atomic E-state index is 12.3. The number of hydrogen-bond acceptors (Lipinski definition) is 5. The Bertz CT molecular complexity index is 1160. The lowest BCUT2D eigenvalue weighted by Gasteiger charge is -2.34. The standard InChI is InChI=1S/C24H18ClF3N4O/c25-19-8-10-20(11-9-19)32-22(18-4-2-1-3-5-18)14-15-29-23(32)31-30-16-17-6-12-21(13-7-17)33-24(26,27)28/h1-16,23,31H. The van der Waals surface area contributed by atoms with E-state index in [2.05, 4.69) is 20.3 Å². The van der Waals surface area contributed by atoms with Gasteiger partial charge in [-0.15, -0.1) is 13.2 Å². The largest absolute Gasteiger partial charge is 0.573 e. The lowest BCUT2D eigenvalue weighted by Crippen LogP contribution is -2.43. The quantitative estimate of drug-likeness (QED) is 0.351. The van der Waals surface area contributed by atoms with E-state index in [9.17, 15) is 13.2 Å². The van der Waals surface area contributed by atoms with E-state index in [1.807, 2.05) is 53.4 Å². The van der Waals surface area contributed by atoms with Crippen molar-refractivity contribution < 1.29 is 17.9 Å². The summed E-state index contributed by atoms with van der Waals surface area (Å²) < 4.78 is 40.8. The molecule has 0 amide bonds. The number of rotatable bonds is 6. The zero-order chi connectivity index (χ0) is 23.3. The smallest absolute Gasteiger partial charge is 0.406 e. The van der Waals surface area contributed by atoms with E-state index in [0.29, 0.717) is 10.6 Å². The lowest BCUT2D eigenvalue weighted by molar-refractivity contribution is -0.274. The molecule has 5 nitrogen and oxygen atoms in total. The Kier molecular flexibility index (Phi) is 6.65. The number of nitrogens with one attached hydrogen (secondary N) is 1. The van der Waals surface area contributed by atoms with Crippen LogP contribution in [-0.2, 0) is 0 Å². The monoisotopic (exact) mass is 470 g/mol. The Labute approximate surface area is 193 Å². The summed E-state index contributed by atoms with van der Waals surface area (Å²) in [6.45, 7) is 0. The van der Waals surface area contributed by atoms with Crippen molar-refractivity contribution in [3.05, 3.63) is 101 Å². The molecule has 3 aromatic rings. The van der Waals surface area contributed by atoms with Crippen molar-refractivity contribution in [3.63, 3.8) is 0 Å². The number of allylic oxidation sites excluding steroid dienone is 1. The highest BCUT2D eigenvalue weighted by atomic mass is 35.5. The van der Waals surface area contributed by atoms with Gasteiger partial charge in [0.05, 0.1) is 11.9 Å². The van der Waals surface area contributed by atoms with Crippen molar-refractivity contribution >= 4 is 35.4 Å². The average Bonchev–Trinajstić information content (AvgIpc) is 2.80. The Hall–Kier alpha value is -3.78. The Morgan fingerprint density at radius 1 is 0.970 bits per heavy atom. The van der Waals surface area contributed by atoms with E-state index in [1.165, 1.54) is 30.5 Å².